The summed E-state index contributed by atoms with van der Waals surface area (Å²) in [5.41, 5.74) is 4.44. The maximum Gasteiger partial charge on any atom is 0.255 e. The van der Waals surface area contributed by atoms with Crippen molar-refractivity contribution in [2.75, 3.05) is 14.1 Å². The number of likely N-dealkylation sites (N-methyl/N-ethyl adjacent to an activating group) is 1. The van der Waals surface area contributed by atoms with Crippen LogP contribution in [0.3, 0.4) is 0 Å². The van der Waals surface area contributed by atoms with Crippen LogP contribution in [0, 0.1) is 11.8 Å². The van der Waals surface area contributed by atoms with Gasteiger partial charge in [0.15, 0.2) is 11.4 Å². The van der Waals surface area contributed by atoms with Crippen LogP contribution in [0.2, 0.25) is 0 Å². The number of nitrogens with zero attached hydrogens (tertiary/aromatic N) is 1. The van der Waals surface area contributed by atoms with E-state index in [9.17, 15) is 39.6 Å². The van der Waals surface area contributed by atoms with Crippen molar-refractivity contribution in [3.63, 3.8) is 0 Å². The number of hydrogen-bond donors (Lipinski definition) is 5. The summed E-state index contributed by atoms with van der Waals surface area (Å²) in [6.45, 7) is 1.81. The lowest BCUT2D eigenvalue weighted by Gasteiger charge is -2.50. The number of nitrogens with two attached hydrogens (primary N) is 1. The molecule has 0 spiro atoms. The smallest absolute Gasteiger partial charge is 0.255 e. The Kier molecular flexibility index (Phi) is 6.87. The molecule has 3 aliphatic carbocycles. The van der Waals surface area contributed by atoms with Gasteiger partial charge in [0, 0.05) is 24.3 Å². The first-order valence-electron chi connectivity index (χ1n) is 13.4. The Labute approximate surface area is 236 Å². The summed E-state index contributed by atoms with van der Waals surface area (Å²) >= 11 is 0. The van der Waals surface area contributed by atoms with Crippen molar-refractivity contribution in [1.29, 1.82) is 0 Å². The third-order valence-electron chi connectivity index (χ3n) is 8.67. The van der Waals surface area contributed by atoms with E-state index in [4.69, 9.17) is 5.73 Å². The summed E-state index contributed by atoms with van der Waals surface area (Å²) in [6.07, 6.45) is 0.952. The van der Waals surface area contributed by atoms with Gasteiger partial charge in [0.2, 0.25) is 5.78 Å². The molecular formula is C31H32N2O8. The van der Waals surface area contributed by atoms with Crippen LogP contribution < -0.4 is 5.73 Å². The number of hydrogen-bond acceptors (Lipinski definition) is 9. The maximum absolute atomic E-state index is 13.9. The van der Waals surface area contributed by atoms with E-state index < -0.39 is 58.0 Å². The van der Waals surface area contributed by atoms with Crippen molar-refractivity contribution < 1.29 is 39.6 Å². The second-order valence-corrected chi connectivity index (χ2v) is 11.2. The van der Waals surface area contributed by atoms with Gasteiger partial charge in [-0.3, -0.25) is 24.1 Å². The fourth-order valence-electron chi connectivity index (χ4n) is 6.68. The van der Waals surface area contributed by atoms with Gasteiger partial charge in [-0.05, 0) is 61.2 Å². The number of carbonyl (C=O) groups excluding carboxylic acids is 4. The second kappa shape index (κ2) is 9.97. The van der Waals surface area contributed by atoms with E-state index in [1.54, 1.807) is 27.1 Å². The molecule has 0 aromatic heterocycles. The van der Waals surface area contributed by atoms with Crippen molar-refractivity contribution in [3.05, 3.63) is 75.8 Å². The van der Waals surface area contributed by atoms with Crippen molar-refractivity contribution in [2.24, 2.45) is 17.6 Å². The number of allylic oxidation sites excluding steroid dienone is 1. The molecule has 0 bridgehead atoms. The molecule has 0 fully saturated rings. The van der Waals surface area contributed by atoms with Crippen LogP contribution in [0.5, 0.6) is 5.75 Å². The van der Waals surface area contributed by atoms with Gasteiger partial charge in [-0.1, -0.05) is 37.3 Å². The van der Waals surface area contributed by atoms with Crippen LogP contribution in [-0.2, 0) is 27.2 Å². The van der Waals surface area contributed by atoms with Gasteiger partial charge in [0.1, 0.15) is 28.6 Å². The minimum Gasteiger partial charge on any atom is -0.510 e. The van der Waals surface area contributed by atoms with Gasteiger partial charge < -0.3 is 26.2 Å². The summed E-state index contributed by atoms with van der Waals surface area (Å²) in [5.74, 6) is -6.74. The van der Waals surface area contributed by atoms with E-state index in [2.05, 4.69) is 0 Å². The van der Waals surface area contributed by atoms with Crippen LogP contribution in [-0.4, -0.2) is 74.3 Å². The number of ketones is 3. The zero-order valence-corrected chi connectivity index (χ0v) is 23.0. The van der Waals surface area contributed by atoms with Crippen LogP contribution in [0.15, 0.2) is 59.1 Å². The number of Topliss-reactive ketones (excluding diaryl/α,β-unsaturated/α-hetero) is 3. The summed E-state index contributed by atoms with van der Waals surface area (Å²) < 4.78 is 0. The average molecular weight is 561 g/mol. The predicted octanol–water partition coefficient (Wildman–Crippen LogP) is 2.31. The van der Waals surface area contributed by atoms with E-state index in [1.165, 1.54) is 11.0 Å². The van der Waals surface area contributed by atoms with Gasteiger partial charge in [-0.25, -0.2) is 0 Å². The number of amides is 1. The summed E-state index contributed by atoms with van der Waals surface area (Å²) in [7, 11) is 3.17. The zero-order chi connectivity index (χ0) is 30.0. The number of aromatic hydroxyl groups is 1. The number of primary amides is 1. The van der Waals surface area contributed by atoms with Gasteiger partial charge in [-0.15, -0.1) is 0 Å². The topological polar surface area (TPSA) is 178 Å². The monoisotopic (exact) mass is 560 g/mol. The zero-order valence-electron chi connectivity index (χ0n) is 23.0. The van der Waals surface area contributed by atoms with Gasteiger partial charge in [-0.2, -0.15) is 0 Å². The molecule has 3 aliphatic rings. The third kappa shape index (κ3) is 4.17. The van der Waals surface area contributed by atoms with Crippen LogP contribution in [0.1, 0.15) is 41.3 Å². The first kappa shape index (κ1) is 28.3. The summed E-state index contributed by atoms with van der Waals surface area (Å²) in [4.78, 5) is 52.8. The first-order valence-corrected chi connectivity index (χ1v) is 13.4. The molecule has 0 saturated heterocycles. The molecule has 5 rings (SSSR count). The SMILES string of the molecule is CCC(=O)Cc1ccc(-c2ccc(O)c3c2CC2CC4C(N(C)C)C(O)=C(C(N)=O)C(=O)C4(O)C(O)=C2C3=O)cc1. The van der Waals surface area contributed by atoms with Crippen LogP contribution in [0.4, 0.5) is 0 Å². The van der Waals surface area contributed by atoms with E-state index in [0.29, 0.717) is 24.0 Å². The fourth-order valence-corrected chi connectivity index (χ4v) is 6.68. The molecule has 41 heavy (non-hydrogen) atoms. The molecule has 0 radical (unpaired) electrons. The molecule has 0 saturated carbocycles. The maximum atomic E-state index is 13.9. The highest BCUT2D eigenvalue weighted by Gasteiger charge is 2.63. The molecule has 10 heteroatoms. The lowest BCUT2D eigenvalue weighted by atomic mass is 9.58. The number of benzene rings is 2. The predicted molar refractivity (Wildman–Crippen MR) is 148 cm³/mol. The Morgan fingerprint density at radius 1 is 1.05 bits per heavy atom. The number of aliphatic hydroxyl groups excluding tert-OH is 2. The molecule has 2 aromatic rings. The molecule has 2 aromatic carbocycles. The molecule has 0 aliphatic heterocycles. The standard InChI is InChI=1S/C31H32N2O8/c1-4-17(34)11-14-5-7-15(8-6-14)18-9-10-21(35)23-19(18)12-16-13-20-25(33(2)3)27(37)24(30(32)40)29(39)31(20,41)28(38)22(16)26(23)36/h5-10,16,20,25,35,37-38,41H,4,11-13H2,1-3H3,(H2,32,40). The van der Waals surface area contributed by atoms with Crippen molar-refractivity contribution in [1.82, 2.24) is 4.90 Å². The van der Waals surface area contributed by atoms with Crippen molar-refractivity contribution >= 4 is 23.3 Å². The number of aliphatic hydroxyl groups is 3. The fraction of sp³-hybridized carbons (Fsp3) is 0.355. The molecule has 4 unspecified atom stereocenters. The summed E-state index contributed by atoms with van der Waals surface area (Å²) in [5, 5.41) is 44.8. The number of carbonyl (C=O) groups is 4. The average Bonchev–Trinajstić information content (AvgIpc) is 2.91. The quantitative estimate of drug-likeness (QED) is 0.332. The van der Waals surface area contributed by atoms with E-state index in [-0.39, 0.29) is 35.5 Å². The lowest BCUT2D eigenvalue weighted by Crippen LogP contribution is -2.63. The molecule has 6 N–H and O–H groups in total. The molecule has 0 heterocycles. The highest BCUT2D eigenvalue weighted by atomic mass is 16.3. The molecule has 1 amide bonds. The number of rotatable bonds is 6. The molecule has 4 atom stereocenters. The van der Waals surface area contributed by atoms with Gasteiger partial charge >= 0.3 is 0 Å². The van der Waals surface area contributed by atoms with Crippen LogP contribution in [0.25, 0.3) is 11.1 Å². The Morgan fingerprint density at radius 2 is 1.71 bits per heavy atom. The first-order chi connectivity index (χ1) is 19.3. The number of phenolic OH excluding ortho intramolecular Hbond substituents is 1. The van der Waals surface area contributed by atoms with Gasteiger partial charge in [0.05, 0.1) is 11.6 Å². The van der Waals surface area contributed by atoms with E-state index >= 15 is 0 Å². The normalized spacial score (nSPS) is 25.6. The van der Waals surface area contributed by atoms with E-state index in [0.717, 1.165) is 11.1 Å². The summed E-state index contributed by atoms with van der Waals surface area (Å²) in [6, 6.07) is 9.38. The number of fused-ring (bicyclic) bond motifs is 3. The van der Waals surface area contributed by atoms with Crippen LogP contribution >= 0.6 is 0 Å². The second-order valence-electron chi connectivity index (χ2n) is 11.2. The Hall–Kier alpha value is -4.28. The van der Waals surface area contributed by atoms with E-state index in [1.807, 2.05) is 24.3 Å². The van der Waals surface area contributed by atoms with Gasteiger partial charge in [0.25, 0.3) is 5.91 Å². The highest BCUT2D eigenvalue weighted by Crippen LogP contribution is 2.53. The Balaban J connectivity index is 1.64. The molecule has 10 nitrogen and oxygen atoms in total. The molecular weight excluding hydrogens is 528 g/mol. The molecule has 214 valence electrons. The minimum atomic E-state index is -2.68. The van der Waals surface area contributed by atoms with Crippen molar-refractivity contribution in [3.8, 4) is 16.9 Å². The minimum absolute atomic E-state index is 0.0128. The Morgan fingerprint density at radius 3 is 2.29 bits per heavy atom. The largest absolute Gasteiger partial charge is 0.510 e. The Bertz CT molecular complexity index is 1570. The lowest BCUT2D eigenvalue weighted by molar-refractivity contribution is -0.148. The van der Waals surface area contributed by atoms with Crippen molar-refractivity contribution in [2.45, 2.75) is 44.2 Å². The number of phenols is 1. The third-order valence-corrected chi connectivity index (χ3v) is 8.67. The highest BCUT2D eigenvalue weighted by molar-refractivity contribution is 6.24.